The minimum Gasteiger partial charge on any atom is -0.306 e. The lowest BCUT2D eigenvalue weighted by Gasteiger charge is -2.15. The Morgan fingerprint density at radius 1 is 1.17 bits per heavy atom. The maximum Gasteiger partial charge on any atom is 0.0995 e. The van der Waals surface area contributed by atoms with Gasteiger partial charge in [0.25, 0.3) is 0 Å². The monoisotopic (exact) mass is 339 g/mol. The Morgan fingerprint density at radius 2 is 1.89 bits per heavy atom. The molecule has 0 aliphatic rings. The Balaban J connectivity index is 2.42. The van der Waals surface area contributed by atoms with E-state index in [0.717, 1.165) is 31.2 Å². The summed E-state index contributed by atoms with van der Waals surface area (Å²) in [7, 11) is 0. The highest BCUT2D eigenvalue weighted by molar-refractivity contribution is 7.20. The van der Waals surface area contributed by atoms with Crippen LogP contribution in [0.25, 0.3) is 0 Å². The van der Waals surface area contributed by atoms with Gasteiger partial charge in [-0.25, -0.2) is 0 Å². The molecule has 6 heteroatoms. The molecule has 2 rings (SSSR count). The van der Waals surface area contributed by atoms with E-state index in [1.165, 1.54) is 11.3 Å². The van der Waals surface area contributed by atoms with E-state index in [9.17, 15) is 0 Å². The molecule has 2 aromatic rings. The van der Waals surface area contributed by atoms with Crippen molar-refractivity contribution in [2.45, 2.75) is 19.9 Å². The molecule has 0 aliphatic carbocycles. The number of aryl methyl sites for hydroxylation is 1. The molecule has 0 amide bonds. The van der Waals surface area contributed by atoms with Gasteiger partial charge in [0, 0.05) is 10.4 Å². The summed E-state index contributed by atoms with van der Waals surface area (Å²) in [6, 6.07) is 4.08. The Bertz CT molecular complexity index is 528. The molecule has 0 aliphatic heterocycles. The zero-order chi connectivity index (χ0) is 13.3. The second-order valence-corrected chi connectivity index (χ2v) is 7.85. The van der Waals surface area contributed by atoms with Crippen molar-refractivity contribution in [1.29, 1.82) is 0 Å². The average molecular weight is 341 g/mol. The fraction of sp³-hybridized carbons (Fsp3) is 0.333. The van der Waals surface area contributed by atoms with E-state index in [0.29, 0.717) is 4.34 Å². The molecular formula is C12H12Cl3NS2. The van der Waals surface area contributed by atoms with Crippen LogP contribution in [0.5, 0.6) is 0 Å². The van der Waals surface area contributed by atoms with Gasteiger partial charge in [0.2, 0.25) is 0 Å². The van der Waals surface area contributed by atoms with E-state index in [1.807, 2.05) is 13.0 Å². The van der Waals surface area contributed by atoms with Crippen LogP contribution in [-0.2, 0) is 0 Å². The van der Waals surface area contributed by atoms with Crippen LogP contribution in [0.4, 0.5) is 0 Å². The molecule has 2 heterocycles. The highest BCUT2D eigenvalue weighted by atomic mass is 35.5. The predicted octanol–water partition coefficient (Wildman–Crippen LogP) is 5.78. The molecule has 1 nitrogen and oxygen atoms in total. The third-order valence-electron chi connectivity index (χ3n) is 2.56. The second kappa shape index (κ2) is 6.12. The van der Waals surface area contributed by atoms with Crippen LogP contribution < -0.4 is 5.32 Å². The Kier molecular flexibility index (Phi) is 4.98. The van der Waals surface area contributed by atoms with Gasteiger partial charge in [0.05, 0.1) is 19.1 Å². The minimum atomic E-state index is 0.0578. The van der Waals surface area contributed by atoms with Gasteiger partial charge in [-0.15, -0.1) is 22.7 Å². The minimum absolute atomic E-state index is 0.0578. The molecule has 1 N–H and O–H groups in total. The van der Waals surface area contributed by atoms with Gasteiger partial charge in [-0.3, -0.25) is 0 Å². The lowest BCUT2D eigenvalue weighted by atomic mass is 10.1. The summed E-state index contributed by atoms with van der Waals surface area (Å²) in [5, 5.41) is 3.43. The molecule has 0 fully saturated rings. The van der Waals surface area contributed by atoms with E-state index < -0.39 is 0 Å². The molecule has 2 aromatic heterocycles. The number of hydrogen-bond acceptors (Lipinski definition) is 3. The highest BCUT2D eigenvalue weighted by Crippen LogP contribution is 2.40. The molecule has 1 unspecified atom stereocenters. The zero-order valence-corrected chi connectivity index (χ0v) is 13.8. The molecule has 0 spiro atoms. The molecule has 0 bridgehead atoms. The van der Waals surface area contributed by atoms with Crippen molar-refractivity contribution in [2.75, 3.05) is 6.54 Å². The normalized spacial score (nSPS) is 12.9. The largest absolute Gasteiger partial charge is 0.306 e. The maximum absolute atomic E-state index is 6.24. The van der Waals surface area contributed by atoms with Gasteiger partial charge in [0.15, 0.2) is 0 Å². The first-order chi connectivity index (χ1) is 8.52. The van der Waals surface area contributed by atoms with Crippen molar-refractivity contribution in [3.05, 3.63) is 41.1 Å². The summed E-state index contributed by atoms with van der Waals surface area (Å²) in [6.07, 6.45) is 0. The second-order valence-electron chi connectivity index (χ2n) is 3.88. The summed E-state index contributed by atoms with van der Waals surface area (Å²) < 4.78 is 2.26. The Morgan fingerprint density at radius 3 is 2.33 bits per heavy atom. The Labute approximate surface area is 130 Å². The van der Waals surface area contributed by atoms with Gasteiger partial charge >= 0.3 is 0 Å². The molecule has 1 atom stereocenters. The summed E-state index contributed by atoms with van der Waals surface area (Å²) in [6.45, 7) is 4.92. The van der Waals surface area contributed by atoms with Crippen LogP contribution >= 0.6 is 57.5 Å². The zero-order valence-electron chi connectivity index (χ0n) is 9.89. The van der Waals surface area contributed by atoms with E-state index in [4.69, 9.17) is 34.8 Å². The first kappa shape index (κ1) is 14.6. The van der Waals surface area contributed by atoms with Gasteiger partial charge < -0.3 is 5.32 Å². The van der Waals surface area contributed by atoms with Crippen LogP contribution in [0.2, 0.25) is 13.0 Å². The van der Waals surface area contributed by atoms with Crippen molar-refractivity contribution < 1.29 is 0 Å². The average Bonchev–Trinajstić information content (AvgIpc) is 2.79. The summed E-state index contributed by atoms with van der Waals surface area (Å²) in [5.41, 5.74) is 2.11. The quantitative estimate of drug-likeness (QED) is 0.744. The number of rotatable bonds is 4. The van der Waals surface area contributed by atoms with Gasteiger partial charge in [-0.2, -0.15) is 0 Å². The van der Waals surface area contributed by atoms with Gasteiger partial charge in [0.1, 0.15) is 0 Å². The summed E-state index contributed by atoms with van der Waals surface area (Å²) >= 11 is 21.4. The van der Waals surface area contributed by atoms with Crippen molar-refractivity contribution in [3.63, 3.8) is 0 Å². The van der Waals surface area contributed by atoms with Crippen molar-refractivity contribution in [1.82, 2.24) is 5.32 Å². The van der Waals surface area contributed by atoms with Gasteiger partial charge in [-0.1, -0.05) is 41.7 Å². The molecule has 18 heavy (non-hydrogen) atoms. The van der Waals surface area contributed by atoms with Crippen LogP contribution in [0.1, 0.15) is 29.0 Å². The molecule has 0 saturated heterocycles. The maximum atomic E-state index is 6.24. The number of hydrogen-bond donors (Lipinski definition) is 1. The van der Waals surface area contributed by atoms with E-state index >= 15 is 0 Å². The molecule has 0 radical (unpaired) electrons. The molecule has 98 valence electrons. The lowest BCUT2D eigenvalue weighted by molar-refractivity contribution is 0.641. The molecular weight excluding hydrogens is 329 g/mol. The van der Waals surface area contributed by atoms with E-state index in [2.05, 4.69) is 18.3 Å². The first-order valence-corrected chi connectivity index (χ1v) is 8.23. The fourth-order valence-electron chi connectivity index (χ4n) is 1.74. The lowest BCUT2D eigenvalue weighted by Crippen LogP contribution is -2.20. The third-order valence-corrected chi connectivity index (χ3v) is 5.70. The SMILES string of the molecule is CCNC(c1cc(C)c(Cl)s1)c1cc(Cl)sc1Cl. The Hall–Kier alpha value is 0.230. The summed E-state index contributed by atoms with van der Waals surface area (Å²) in [5.74, 6) is 0. The topological polar surface area (TPSA) is 12.0 Å². The van der Waals surface area contributed by atoms with Crippen LogP contribution in [0.3, 0.4) is 0 Å². The number of thiophene rings is 2. The predicted molar refractivity (Wildman–Crippen MR) is 83.9 cm³/mol. The highest BCUT2D eigenvalue weighted by Gasteiger charge is 2.21. The van der Waals surface area contributed by atoms with Crippen LogP contribution in [0, 0.1) is 6.92 Å². The van der Waals surface area contributed by atoms with E-state index in [1.54, 1.807) is 11.3 Å². The third kappa shape index (κ3) is 3.03. The van der Waals surface area contributed by atoms with Crippen LogP contribution in [-0.4, -0.2) is 6.54 Å². The van der Waals surface area contributed by atoms with E-state index in [-0.39, 0.29) is 6.04 Å². The fourth-order valence-corrected chi connectivity index (χ4v) is 4.59. The summed E-state index contributed by atoms with van der Waals surface area (Å²) in [4.78, 5) is 1.16. The standard InChI is InChI=1S/C12H12Cl3NS2/c1-3-16-10(7-5-9(13)18-12(7)15)8-4-6(2)11(14)17-8/h4-5,10,16H,3H2,1-2H3. The smallest absolute Gasteiger partial charge is 0.0995 e. The van der Waals surface area contributed by atoms with Crippen molar-refractivity contribution >= 4 is 57.5 Å². The van der Waals surface area contributed by atoms with Crippen molar-refractivity contribution in [3.8, 4) is 0 Å². The molecule has 0 aromatic carbocycles. The van der Waals surface area contributed by atoms with Crippen LogP contribution in [0.15, 0.2) is 12.1 Å². The number of halogens is 3. The molecule has 0 saturated carbocycles. The van der Waals surface area contributed by atoms with Crippen molar-refractivity contribution in [2.24, 2.45) is 0 Å². The van der Waals surface area contributed by atoms with Gasteiger partial charge in [-0.05, 0) is 31.2 Å². The number of nitrogens with one attached hydrogen (secondary N) is 1. The first-order valence-electron chi connectivity index (χ1n) is 5.46.